The standard InChI is InChI=1S/C21H20ClN3O2S2/c22-11-4-5-15-13(10-11)14(8-9-28-15)23-18(26)7-6-17-24-20(27)19-12-2-1-3-16(12)29-21(19)25-17/h4-5,10,14H,1-3,6-9H2,(H,23,26)(H,24,25,27). The molecule has 2 aliphatic rings. The third kappa shape index (κ3) is 3.71. The summed E-state index contributed by atoms with van der Waals surface area (Å²) in [5.41, 5.74) is 2.19. The highest BCUT2D eigenvalue weighted by atomic mass is 35.5. The van der Waals surface area contributed by atoms with E-state index >= 15 is 0 Å². The number of aromatic nitrogens is 2. The summed E-state index contributed by atoms with van der Waals surface area (Å²) in [5, 5.41) is 4.57. The van der Waals surface area contributed by atoms with Gasteiger partial charge in [0.1, 0.15) is 10.7 Å². The van der Waals surface area contributed by atoms with E-state index in [1.54, 1.807) is 23.1 Å². The highest BCUT2D eigenvalue weighted by Crippen LogP contribution is 2.37. The smallest absolute Gasteiger partial charge is 0.259 e. The molecule has 0 fully saturated rings. The van der Waals surface area contributed by atoms with Crippen molar-refractivity contribution < 1.29 is 4.79 Å². The number of nitrogens with one attached hydrogen (secondary N) is 2. The monoisotopic (exact) mass is 445 g/mol. The Labute approximate surface area is 181 Å². The predicted molar refractivity (Wildman–Crippen MR) is 118 cm³/mol. The summed E-state index contributed by atoms with van der Waals surface area (Å²) < 4.78 is 0. The number of thioether (sulfide) groups is 1. The third-order valence-electron chi connectivity index (χ3n) is 5.56. The SMILES string of the molecule is O=C(CCc1nc2sc3c(c2c(=O)[nH]1)CCC3)NC1CCSc2ccc(Cl)cc21. The maximum Gasteiger partial charge on any atom is 0.259 e. The number of hydrogen-bond donors (Lipinski definition) is 2. The summed E-state index contributed by atoms with van der Waals surface area (Å²) in [6, 6.07) is 5.82. The van der Waals surface area contributed by atoms with Gasteiger partial charge in [0, 0.05) is 33.4 Å². The van der Waals surface area contributed by atoms with Crippen LogP contribution in [0.15, 0.2) is 27.9 Å². The molecule has 5 nitrogen and oxygen atoms in total. The van der Waals surface area contributed by atoms with Crippen LogP contribution in [0, 0.1) is 0 Å². The summed E-state index contributed by atoms with van der Waals surface area (Å²) in [6.45, 7) is 0. The van der Waals surface area contributed by atoms with Crippen LogP contribution >= 0.6 is 34.7 Å². The number of nitrogens with zero attached hydrogens (tertiary/aromatic N) is 1. The Morgan fingerprint density at radius 1 is 1.34 bits per heavy atom. The molecule has 0 bridgehead atoms. The van der Waals surface area contributed by atoms with Gasteiger partial charge in [-0.25, -0.2) is 4.98 Å². The number of benzene rings is 1. The van der Waals surface area contributed by atoms with Crippen LogP contribution in [-0.2, 0) is 24.1 Å². The van der Waals surface area contributed by atoms with Gasteiger partial charge in [0.2, 0.25) is 5.91 Å². The fourth-order valence-corrected chi connectivity index (χ4v) is 6.75. The number of hydrogen-bond acceptors (Lipinski definition) is 5. The fraction of sp³-hybridized carbons (Fsp3) is 0.381. The molecule has 0 spiro atoms. The fourth-order valence-electron chi connectivity index (χ4n) is 4.18. The van der Waals surface area contributed by atoms with Crippen LogP contribution in [0.3, 0.4) is 0 Å². The molecular weight excluding hydrogens is 426 g/mol. The van der Waals surface area contributed by atoms with Crippen molar-refractivity contribution >= 4 is 50.8 Å². The molecule has 1 unspecified atom stereocenters. The Morgan fingerprint density at radius 3 is 3.14 bits per heavy atom. The minimum absolute atomic E-state index is 0.0211. The second-order valence-corrected chi connectivity index (χ2v) is 10.1. The van der Waals surface area contributed by atoms with E-state index in [9.17, 15) is 9.59 Å². The van der Waals surface area contributed by atoms with Gasteiger partial charge in [0.25, 0.3) is 5.56 Å². The van der Waals surface area contributed by atoms with Gasteiger partial charge in [0.15, 0.2) is 0 Å². The van der Waals surface area contributed by atoms with Gasteiger partial charge in [-0.3, -0.25) is 9.59 Å². The average Bonchev–Trinajstić information content (AvgIpc) is 3.27. The minimum atomic E-state index is -0.0716. The molecule has 3 heterocycles. The number of thiophene rings is 1. The molecule has 1 aromatic carbocycles. The summed E-state index contributed by atoms with van der Waals surface area (Å²) in [7, 11) is 0. The molecule has 2 N–H and O–H groups in total. The van der Waals surface area contributed by atoms with Gasteiger partial charge >= 0.3 is 0 Å². The number of halogens is 1. The molecule has 150 valence electrons. The Kier molecular flexibility index (Phi) is 5.14. The Hall–Kier alpha value is -1.83. The molecule has 5 rings (SSSR count). The maximum atomic E-state index is 12.6. The normalized spacial score (nSPS) is 17.9. The Morgan fingerprint density at radius 2 is 2.24 bits per heavy atom. The van der Waals surface area contributed by atoms with E-state index in [4.69, 9.17) is 11.6 Å². The molecule has 1 amide bonds. The largest absolute Gasteiger partial charge is 0.349 e. The molecule has 1 aliphatic heterocycles. The number of H-pyrrole nitrogens is 1. The topological polar surface area (TPSA) is 74.8 Å². The first-order chi connectivity index (χ1) is 14.1. The zero-order chi connectivity index (χ0) is 20.0. The van der Waals surface area contributed by atoms with Gasteiger partial charge in [-0.05, 0) is 55.0 Å². The Bertz CT molecular complexity index is 1170. The summed E-state index contributed by atoms with van der Waals surface area (Å²) in [6.07, 6.45) is 4.71. The van der Waals surface area contributed by atoms with Crippen molar-refractivity contribution in [3.8, 4) is 0 Å². The lowest BCUT2D eigenvalue weighted by molar-refractivity contribution is -0.121. The van der Waals surface area contributed by atoms with Crippen molar-refractivity contribution in [2.75, 3.05) is 5.75 Å². The molecule has 1 aliphatic carbocycles. The van der Waals surface area contributed by atoms with Gasteiger partial charge in [-0.1, -0.05) is 11.6 Å². The molecule has 0 saturated heterocycles. The summed E-state index contributed by atoms with van der Waals surface area (Å²) in [5.74, 6) is 1.51. The van der Waals surface area contributed by atoms with Gasteiger partial charge in [0.05, 0.1) is 11.4 Å². The summed E-state index contributed by atoms with van der Waals surface area (Å²) in [4.78, 5) is 35.9. The minimum Gasteiger partial charge on any atom is -0.349 e. The van der Waals surface area contributed by atoms with Gasteiger partial charge < -0.3 is 10.3 Å². The number of amides is 1. The van der Waals surface area contributed by atoms with Gasteiger partial charge in [-0.15, -0.1) is 23.1 Å². The van der Waals surface area contributed by atoms with Crippen LogP contribution in [-0.4, -0.2) is 21.6 Å². The van der Waals surface area contributed by atoms with Crippen molar-refractivity contribution in [3.63, 3.8) is 0 Å². The number of rotatable bonds is 4. The molecule has 0 saturated carbocycles. The third-order valence-corrected chi connectivity index (χ3v) is 8.10. The quantitative estimate of drug-likeness (QED) is 0.623. The Balaban J connectivity index is 1.28. The first-order valence-electron chi connectivity index (χ1n) is 9.83. The number of carbonyl (C=O) groups excluding carboxylic acids is 1. The lowest BCUT2D eigenvalue weighted by Crippen LogP contribution is -2.31. The van der Waals surface area contributed by atoms with Crippen molar-refractivity contribution in [1.29, 1.82) is 0 Å². The van der Waals surface area contributed by atoms with Crippen molar-refractivity contribution in [3.05, 3.63) is 55.4 Å². The first kappa shape index (κ1) is 19.2. The van der Waals surface area contributed by atoms with Crippen LogP contribution in [0.5, 0.6) is 0 Å². The van der Waals surface area contributed by atoms with E-state index in [1.165, 1.54) is 15.3 Å². The zero-order valence-electron chi connectivity index (χ0n) is 15.7. The van der Waals surface area contributed by atoms with E-state index in [-0.39, 0.29) is 17.5 Å². The van der Waals surface area contributed by atoms with Crippen molar-refractivity contribution in [2.45, 2.75) is 49.5 Å². The lowest BCUT2D eigenvalue weighted by Gasteiger charge is -2.26. The summed E-state index contributed by atoms with van der Waals surface area (Å²) >= 11 is 9.56. The number of aromatic amines is 1. The molecular formula is C21H20ClN3O2S2. The lowest BCUT2D eigenvalue weighted by atomic mass is 10.0. The van der Waals surface area contributed by atoms with E-state index in [0.29, 0.717) is 23.7 Å². The van der Waals surface area contributed by atoms with Crippen LogP contribution in [0.2, 0.25) is 5.02 Å². The molecule has 3 aromatic rings. The molecule has 8 heteroatoms. The van der Waals surface area contributed by atoms with E-state index < -0.39 is 0 Å². The van der Waals surface area contributed by atoms with Crippen molar-refractivity contribution in [1.82, 2.24) is 15.3 Å². The van der Waals surface area contributed by atoms with Crippen LogP contribution in [0.4, 0.5) is 0 Å². The van der Waals surface area contributed by atoms with Crippen LogP contribution in [0.25, 0.3) is 10.2 Å². The molecule has 1 atom stereocenters. The maximum absolute atomic E-state index is 12.6. The van der Waals surface area contributed by atoms with E-state index in [0.717, 1.165) is 47.2 Å². The molecule has 29 heavy (non-hydrogen) atoms. The number of fused-ring (bicyclic) bond motifs is 4. The number of aryl methyl sites for hydroxylation is 3. The second kappa shape index (κ2) is 7.78. The molecule has 2 aromatic heterocycles. The first-order valence-corrected chi connectivity index (χ1v) is 12.0. The van der Waals surface area contributed by atoms with Crippen LogP contribution in [0.1, 0.15) is 47.1 Å². The van der Waals surface area contributed by atoms with Crippen LogP contribution < -0.4 is 10.9 Å². The average molecular weight is 446 g/mol. The predicted octanol–water partition coefficient (Wildman–Crippen LogP) is 4.41. The van der Waals surface area contributed by atoms with Crippen molar-refractivity contribution in [2.24, 2.45) is 0 Å². The molecule has 0 radical (unpaired) electrons. The highest BCUT2D eigenvalue weighted by Gasteiger charge is 2.23. The number of carbonyl (C=O) groups is 1. The zero-order valence-corrected chi connectivity index (χ0v) is 18.1. The van der Waals surface area contributed by atoms with E-state index in [1.807, 2.05) is 18.2 Å². The van der Waals surface area contributed by atoms with Gasteiger partial charge in [-0.2, -0.15) is 0 Å². The second-order valence-electron chi connectivity index (χ2n) is 7.49. The van der Waals surface area contributed by atoms with E-state index in [2.05, 4.69) is 15.3 Å². The highest BCUT2D eigenvalue weighted by molar-refractivity contribution is 7.99.